The van der Waals surface area contributed by atoms with Crippen LogP contribution >= 0.6 is 0 Å². The van der Waals surface area contributed by atoms with E-state index in [2.05, 4.69) is 35.2 Å². The molecule has 0 atom stereocenters. The standard InChI is InChI=1S/C16H27N5/c1-3-7-17-14-12-15(19-16(18-14)13-5-6-13)21-9-4-8-20(2)10-11-21/h12-13H,3-11H2,1-2H3,(H,17,18,19). The van der Waals surface area contributed by atoms with E-state index < -0.39 is 0 Å². The van der Waals surface area contributed by atoms with Crippen molar-refractivity contribution in [2.45, 2.75) is 38.5 Å². The molecule has 0 radical (unpaired) electrons. The third-order valence-corrected chi connectivity index (χ3v) is 4.27. The molecule has 2 fully saturated rings. The molecule has 1 aromatic rings. The van der Waals surface area contributed by atoms with Gasteiger partial charge in [-0.1, -0.05) is 6.92 Å². The molecule has 2 heterocycles. The SMILES string of the molecule is CCCNc1cc(N2CCCN(C)CC2)nc(C2CC2)n1. The quantitative estimate of drug-likeness (QED) is 0.901. The van der Waals surface area contributed by atoms with Crippen LogP contribution in [0.4, 0.5) is 11.6 Å². The summed E-state index contributed by atoms with van der Waals surface area (Å²) in [4.78, 5) is 14.4. The molecule has 2 aliphatic rings. The Morgan fingerprint density at radius 2 is 2.05 bits per heavy atom. The zero-order valence-electron chi connectivity index (χ0n) is 13.3. The fourth-order valence-corrected chi connectivity index (χ4v) is 2.76. The summed E-state index contributed by atoms with van der Waals surface area (Å²) < 4.78 is 0. The molecule has 1 saturated carbocycles. The molecule has 1 saturated heterocycles. The monoisotopic (exact) mass is 289 g/mol. The summed E-state index contributed by atoms with van der Waals surface area (Å²) in [6.45, 7) is 7.60. The minimum Gasteiger partial charge on any atom is -0.370 e. The van der Waals surface area contributed by atoms with Gasteiger partial charge in [0, 0.05) is 38.2 Å². The first-order valence-electron chi connectivity index (χ1n) is 8.32. The molecular weight excluding hydrogens is 262 g/mol. The van der Waals surface area contributed by atoms with Crippen LogP contribution in [0.25, 0.3) is 0 Å². The van der Waals surface area contributed by atoms with Crippen LogP contribution in [-0.4, -0.2) is 54.6 Å². The minimum absolute atomic E-state index is 0.599. The molecule has 3 rings (SSSR count). The molecule has 1 aliphatic carbocycles. The van der Waals surface area contributed by atoms with E-state index in [-0.39, 0.29) is 0 Å². The van der Waals surface area contributed by atoms with Gasteiger partial charge in [0.1, 0.15) is 17.5 Å². The molecule has 1 N–H and O–H groups in total. The van der Waals surface area contributed by atoms with E-state index in [0.29, 0.717) is 5.92 Å². The summed E-state index contributed by atoms with van der Waals surface area (Å²) in [5, 5.41) is 3.43. The van der Waals surface area contributed by atoms with Gasteiger partial charge in [-0.2, -0.15) is 0 Å². The van der Waals surface area contributed by atoms with Gasteiger partial charge >= 0.3 is 0 Å². The lowest BCUT2D eigenvalue weighted by atomic mass is 10.3. The highest BCUT2D eigenvalue weighted by Crippen LogP contribution is 2.39. The lowest BCUT2D eigenvalue weighted by Gasteiger charge is -2.22. The Balaban J connectivity index is 1.80. The first-order valence-corrected chi connectivity index (χ1v) is 8.32. The molecule has 21 heavy (non-hydrogen) atoms. The van der Waals surface area contributed by atoms with E-state index in [9.17, 15) is 0 Å². The normalized spacial score (nSPS) is 20.4. The van der Waals surface area contributed by atoms with Crippen molar-refractivity contribution in [3.63, 3.8) is 0 Å². The predicted molar refractivity (Wildman–Crippen MR) is 87.1 cm³/mol. The Morgan fingerprint density at radius 3 is 2.81 bits per heavy atom. The third-order valence-electron chi connectivity index (χ3n) is 4.27. The Bertz CT molecular complexity index is 472. The van der Waals surface area contributed by atoms with Crippen LogP contribution in [0.1, 0.15) is 44.3 Å². The Labute approximate surface area is 127 Å². The van der Waals surface area contributed by atoms with Gasteiger partial charge in [0.25, 0.3) is 0 Å². The summed E-state index contributed by atoms with van der Waals surface area (Å²) in [5.41, 5.74) is 0. The first kappa shape index (κ1) is 14.6. The number of aromatic nitrogens is 2. The second-order valence-electron chi connectivity index (χ2n) is 6.31. The molecular formula is C16H27N5. The summed E-state index contributed by atoms with van der Waals surface area (Å²) in [6, 6.07) is 2.13. The van der Waals surface area contributed by atoms with Gasteiger partial charge in [0.2, 0.25) is 0 Å². The molecule has 0 amide bonds. The van der Waals surface area contributed by atoms with Gasteiger partial charge in [-0.25, -0.2) is 9.97 Å². The van der Waals surface area contributed by atoms with Gasteiger partial charge < -0.3 is 15.1 Å². The van der Waals surface area contributed by atoms with Gasteiger partial charge in [-0.15, -0.1) is 0 Å². The minimum atomic E-state index is 0.599. The largest absolute Gasteiger partial charge is 0.370 e. The zero-order chi connectivity index (χ0) is 14.7. The van der Waals surface area contributed by atoms with Crippen LogP contribution < -0.4 is 10.2 Å². The summed E-state index contributed by atoms with van der Waals surface area (Å²) in [5.74, 6) is 3.76. The molecule has 0 bridgehead atoms. The number of nitrogens with one attached hydrogen (secondary N) is 1. The molecule has 0 spiro atoms. The van der Waals surface area contributed by atoms with Crippen LogP contribution in [0.5, 0.6) is 0 Å². The number of likely N-dealkylation sites (N-methyl/N-ethyl adjacent to an activating group) is 1. The molecule has 5 heteroatoms. The molecule has 1 aromatic heterocycles. The van der Waals surface area contributed by atoms with Crippen molar-refractivity contribution >= 4 is 11.6 Å². The van der Waals surface area contributed by atoms with Crippen molar-refractivity contribution < 1.29 is 0 Å². The lowest BCUT2D eigenvalue weighted by molar-refractivity contribution is 0.360. The Morgan fingerprint density at radius 1 is 1.19 bits per heavy atom. The molecule has 0 unspecified atom stereocenters. The second kappa shape index (κ2) is 6.60. The average Bonchev–Trinajstić information content (AvgIpc) is 3.32. The second-order valence-corrected chi connectivity index (χ2v) is 6.31. The maximum absolute atomic E-state index is 4.85. The number of hydrogen-bond acceptors (Lipinski definition) is 5. The van der Waals surface area contributed by atoms with Crippen molar-refractivity contribution in [3.8, 4) is 0 Å². The molecule has 116 valence electrons. The van der Waals surface area contributed by atoms with Crippen LogP contribution in [-0.2, 0) is 0 Å². The van der Waals surface area contributed by atoms with Crippen molar-refractivity contribution in [1.82, 2.24) is 14.9 Å². The van der Waals surface area contributed by atoms with Crippen LogP contribution in [0, 0.1) is 0 Å². The highest BCUT2D eigenvalue weighted by molar-refractivity contribution is 5.50. The van der Waals surface area contributed by atoms with Crippen molar-refractivity contribution in [2.75, 3.05) is 50.0 Å². The average molecular weight is 289 g/mol. The van der Waals surface area contributed by atoms with E-state index in [1.165, 1.54) is 25.8 Å². The van der Waals surface area contributed by atoms with E-state index in [0.717, 1.165) is 50.1 Å². The highest BCUT2D eigenvalue weighted by Gasteiger charge is 2.28. The smallest absolute Gasteiger partial charge is 0.136 e. The van der Waals surface area contributed by atoms with Gasteiger partial charge in [0.15, 0.2) is 0 Å². The van der Waals surface area contributed by atoms with E-state index in [1.54, 1.807) is 0 Å². The fourth-order valence-electron chi connectivity index (χ4n) is 2.76. The van der Waals surface area contributed by atoms with Crippen LogP contribution in [0.15, 0.2) is 6.07 Å². The third kappa shape index (κ3) is 3.84. The van der Waals surface area contributed by atoms with Crippen LogP contribution in [0.2, 0.25) is 0 Å². The maximum atomic E-state index is 4.85. The van der Waals surface area contributed by atoms with Crippen molar-refractivity contribution in [2.24, 2.45) is 0 Å². The number of rotatable bonds is 5. The topological polar surface area (TPSA) is 44.3 Å². The predicted octanol–water partition coefficient (Wildman–Crippen LogP) is 2.32. The number of nitrogens with zero attached hydrogens (tertiary/aromatic N) is 4. The first-order chi connectivity index (χ1) is 10.3. The number of hydrogen-bond donors (Lipinski definition) is 1. The highest BCUT2D eigenvalue weighted by atomic mass is 15.2. The number of anilines is 2. The maximum Gasteiger partial charge on any atom is 0.136 e. The Hall–Kier alpha value is -1.36. The Kier molecular flexibility index (Phi) is 4.58. The molecule has 1 aliphatic heterocycles. The lowest BCUT2D eigenvalue weighted by Crippen LogP contribution is -2.29. The van der Waals surface area contributed by atoms with E-state index in [1.807, 2.05) is 0 Å². The van der Waals surface area contributed by atoms with E-state index in [4.69, 9.17) is 9.97 Å². The van der Waals surface area contributed by atoms with Gasteiger partial charge in [-0.3, -0.25) is 0 Å². The summed E-state index contributed by atoms with van der Waals surface area (Å²) in [7, 11) is 2.20. The van der Waals surface area contributed by atoms with Gasteiger partial charge in [0.05, 0.1) is 0 Å². The summed E-state index contributed by atoms with van der Waals surface area (Å²) in [6.07, 6.45) is 4.82. The fraction of sp³-hybridized carbons (Fsp3) is 0.750. The van der Waals surface area contributed by atoms with Crippen molar-refractivity contribution in [3.05, 3.63) is 11.9 Å². The van der Waals surface area contributed by atoms with Gasteiger partial charge in [-0.05, 0) is 39.3 Å². The molecule has 0 aromatic carbocycles. The van der Waals surface area contributed by atoms with Crippen molar-refractivity contribution in [1.29, 1.82) is 0 Å². The van der Waals surface area contributed by atoms with Crippen LogP contribution in [0.3, 0.4) is 0 Å². The molecule has 5 nitrogen and oxygen atoms in total. The summed E-state index contributed by atoms with van der Waals surface area (Å²) >= 11 is 0. The van der Waals surface area contributed by atoms with E-state index >= 15 is 0 Å². The zero-order valence-corrected chi connectivity index (χ0v) is 13.3.